The van der Waals surface area contributed by atoms with E-state index < -0.39 is 11.5 Å². The molecule has 2 rings (SSSR count). The molecule has 0 aliphatic heterocycles. The van der Waals surface area contributed by atoms with E-state index >= 15 is 0 Å². The van der Waals surface area contributed by atoms with Crippen LogP contribution in [0.3, 0.4) is 0 Å². The summed E-state index contributed by atoms with van der Waals surface area (Å²) in [5.74, 6) is 0.471. The molecule has 0 fully saturated rings. The summed E-state index contributed by atoms with van der Waals surface area (Å²) in [7, 11) is 1.48. The van der Waals surface area contributed by atoms with Gasteiger partial charge in [-0.1, -0.05) is 53.1 Å². The zero-order valence-electron chi connectivity index (χ0n) is 18.7. The Bertz CT molecular complexity index is 901. The molecule has 6 nitrogen and oxygen atoms in total. The highest BCUT2D eigenvalue weighted by Crippen LogP contribution is 2.41. The third-order valence-corrected chi connectivity index (χ3v) is 4.48. The molecule has 2 aromatic rings. The third kappa shape index (κ3) is 6.09. The van der Waals surface area contributed by atoms with E-state index in [2.05, 4.69) is 10.3 Å². The van der Waals surface area contributed by atoms with E-state index in [1.54, 1.807) is 30.5 Å². The van der Waals surface area contributed by atoms with Crippen LogP contribution in [-0.2, 0) is 4.79 Å². The van der Waals surface area contributed by atoms with Crippen molar-refractivity contribution >= 4 is 23.2 Å². The molecule has 0 spiro atoms. The van der Waals surface area contributed by atoms with Crippen molar-refractivity contribution in [1.82, 2.24) is 4.98 Å². The van der Waals surface area contributed by atoms with E-state index in [1.807, 2.05) is 41.5 Å². The average molecular weight is 435 g/mol. The molecule has 7 heteroatoms. The second-order valence-corrected chi connectivity index (χ2v) is 9.86. The van der Waals surface area contributed by atoms with Crippen LogP contribution in [0.1, 0.15) is 58.8 Å². The molecule has 1 aromatic carbocycles. The number of rotatable bonds is 6. The number of anilines is 1. The molecule has 164 valence electrons. The maximum atomic E-state index is 12.8. The monoisotopic (exact) mass is 434 g/mol. The Kier molecular flexibility index (Phi) is 7.37. The highest BCUT2D eigenvalue weighted by Gasteiger charge is 2.28. The molecule has 0 aliphatic rings. The van der Waals surface area contributed by atoms with E-state index in [0.29, 0.717) is 34.2 Å². The number of hydrogen-bond acceptors (Lipinski definition) is 5. The van der Waals surface area contributed by atoms with E-state index in [4.69, 9.17) is 21.1 Å². The van der Waals surface area contributed by atoms with Crippen molar-refractivity contribution in [3.8, 4) is 11.6 Å². The van der Waals surface area contributed by atoms with Crippen molar-refractivity contribution in [3.05, 3.63) is 46.6 Å². The summed E-state index contributed by atoms with van der Waals surface area (Å²) in [6.07, 6.45) is 0.437. The first-order valence-corrected chi connectivity index (χ1v) is 10.2. The number of aromatic nitrogens is 1. The summed E-state index contributed by atoms with van der Waals surface area (Å²) in [4.78, 5) is 16.9. The Morgan fingerprint density at radius 3 is 2.43 bits per heavy atom. The fraction of sp³-hybridized carbons (Fsp3) is 0.478. The van der Waals surface area contributed by atoms with Gasteiger partial charge in [-0.05, 0) is 23.6 Å². The van der Waals surface area contributed by atoms with Gasteiger partial charge in [-0.2, -0.15) is 0 Å². The zero-order valence-corrected chi connectivity index (χ0v) is 19.4. The molecule has 30 heavy (non-hydrogen) atoms. The van der Waals surface area contributed by atoms with Crippen LogP contribution in [0, 0.1) is 10.8 Å². The summed E-state index contributed by atoms with van der Waals surface area (Å²) in [5, 5.41) is 14.5. The van der Waals surface area contributed by atoms with Crippen molar-refractivity contribution in [2.45, 2.75) is 47.6 Å². The van der Waals surface area contributed by atoms with Gasteiger partial charge in [-0.3, -0.25) is 4.79 Å². The number of hydrogen-bond donors (Lipinski definition) is 2. The number of aliphatic hydroxyl groups is 1. The molecule has 0 radical (unpaired) electrons. The number of carbonyl (C=O) groups excluding carboxylic acids is 1. The molecule has 1 amide bonds. The Labute approximate surface area is 183 Å². The minimum absolute atomic E-state index is 0.112. The standard InChI is InChI=1S/C23H31ClN2O4/c1-22(2,3)13-30-17-12-14(24)11-16(18(17)26-21(28)23(4,5)6)19(27)15-9-8-10-25-20(15)29-7/h8-12,19,27H,13H2,1-7H3,(H,26,28). The molecule has 0 bridgehead atoms. The van der Waals surface area contributed by atoms with Gasteiger partial charge in [0.25, 0.3) is 0 Å². The van der Waals surface area contributed by atoms with Crippen molar-refractivity contribution in [2.24, 2.45) is 10.8 Å². The number of methoxy groups -OCH3 is 1. The second kappa shape index (κ2) is 9.23. The van der Waals surface area contributed by atoms with Crippen molar-refractivity contribution in [2.75, 3.05) is 19.0 Å². The number of benzene rings is 1. The molecule has 1 atom stereocenters. The van der Waals surface area contributed by atoms with Gasteiger partial charge in [0.1, 0.15) is 11.9 Å². The van der Waals surface area contributed by atoms with Crippen molar-refractivity contribution in [1.29, 1.82) is 0 Å². The van der Waals surface area contributed by atoms with Crippen LogP contribution >= 0.6 is 11.6 Å². The highest BCUT2D eigenvalue weighted by atomic mass is 35.5. The van der Waals surface area contributed by atoms with Gasteiger partial charge in [-0.25, -0.2) is 4.98 Å². The highest BCUT2D eigenvalue weighted by molar-refractivity contribution is 6.31. The number of aliphatic hydroxyl groups excluding tert-OH is 1. The van der Waals surface area contributed by atoms with Gasteiger partial charge in [0.2, 0.25) is 11.8 Å². The minimum Gasteiger partial charge on any atom is -0.491 e. The zero-order chi connectivity index (χ0) is 22.7. The second-order valence-electron chi connectivity index (χ2n) is 9.43. The van der Waals surface area contributed by atoms with Gasteiger partial charge in [-0.15, -0.1) is 0 Å². The van der Waals surface area contributed by atoms with E-state index in [0.717, 1.165) is 0 Å². The summed E-state index contributed by atoms with van der Waals surface area (Å²) < 4.78 is 11.3. The lowest BCUT2D eigenvalue weighted by molar-refractivity contribution is -0.123. The lowest BCUT2D eigenvalue weighted by atomic mass is 9.94. The van der Waals surface area contributed by atoms with Crippen LogP contribution in [0.25, 0.3) is 0 Å². The number of carbonyl (C=O) groups is 1. The largest absolute Gasteiger partial charge is 0.491 e. The lowest BCUT2D eigenvalue weighted by Gasteiger charge is -2.26. The molecule has 0 saturated heterocycles. The fourth-order valence-electron chi connectivity index (χ4n) is 2.61. The van der Waals surface area contributed by atoms with Crippen LogP contribution in [0.4, 0.5) is 5.69 Å². The normalized spacial score (nSPS) is 13.0. The van der Waals surface area contributed by atoms with Crippen LogP contribution in [0.5, 0.6) is 11.6 Å². The van der Waals surface area contributed by atoms with E-state index in [9.17, 15) is 9.90 Å². The van der Waals surface area contributed by atoms with Gasteiger partial charge < -0.3 is 19.9 Å². The average Bonchev–Trinajstić information content (AvgIpc) is 2.65. The first-order valence-electron chi connectivity index (χ1n) is 9.78. The topological polar surface area (TPSA) is 80.7 Å². The number of amides is 1. The predicted octanol–water partition coefficient (Wildman–Crippen LogP) is 5.23. The predicted molar refractivity (Wildman–Crippen MR) is 119 cm³/mol. The van der Waals surface area contributed by atoms with Crippen molar-refractivity contribution < 1.29 is 19.4 Å². The quantitative estimate of drug-likeness (QED) is 0.650. The van der Waals surface area contributed by atoms with Gasteiger partial charge in [0.15, 0.2) is 0 Å². The lowest BCUT2D eigenvalue weighted by Crippen LogP contribution is -2.29. The van der Waals surface area contributed by atoms with Gasteiger partial charge in [0.05, 0.1) is 19.4 Å². The van der Waals surface area contributed by atoms with E-state index in [-0.39, 0.29) is 17.2 Å². The van der Waals surface area contributed by atoms with Crippen LogP contribution in [-0.4, -0.2) is 29.7 Å². The maximum Gasteiger partial charge on any atom is 0.229 e. The number of halogens is 1. The summed E-state index contributed by atoms with van der Waals surface area (Å²) in [6, 6.07) is 6.67. The first-order chi connectivity index (χ1) is 13.8. The maximum absolute atomic E-state index is 12.8. The van der Waals surface area contributed by atoms with E-state index in [1.165, 1.54) is 7.11 Å². The molecule has 1 aromatic heterocycles. The Hall–Kier alpha value is -2.31. The molecule has 0 aliphatic carbocycles. The Morgan fingerprint density at radius 1 is 1.20 bits per heavy atom. The number of nitrogens with zero attached hydrogens (tertiary/aromatic N) is 1. The third-order valence-electron chi connectivity index (χ3n) is 4.26. The molecular weight excluding hydrogens is 404 g/mol. The smallest absolute Gasteiger partial charge is 0.229 e. The number of ether oxygens (including phenoxy) is 2. The van der Waals surface area contributed by atoms with Gasteiger partial charge in [0, 0.05) is 33.8 Å². The van der Waals surface area contributed by atoms with Crippen LogP contribution in [0.2, 0.25) is 5.02 Å². The summed E-state index contributed by atoms with van der Waals surface area (Å²) in [5.41, 5.74) is 0.473. The number of nitrogens with one attached hydrogen (secondary N) is 1. The summed E-state index contributed by atoms with van der Waals surface area (Å²) in [6.45, 7) is 12.0. The Balaban J connectivity index is 2.62. The summed E-state index contributed by atoms with van der Waals surface area (Å²) >= 11 is 6.35. The SMILES string of the molecule is COc1ncccc1C(O)c1cc(Cl)cc(OCC(C)(C)C)c1NC(=O)C(C)(C)C. The molecule has 0 saturated carbocycles. The van der Waals surface area contributed by atoms with Crippen LogP contribution in [0.15, 0.2) is 30.5 Å². The number of pyridine rings is 1. The first kappa shape index (κ1) is 24.0. The molecule has 1 unspecified atom stereocenters. The molecule has 1 heterocycles. The Morgan fingerprint density at radius 2 is 1.87 bits per heavy atom. The van der Waals surface area contributed by atoms with Crippen molar-refractivity contribution in [3.63, 3.8) is 0 Å². The van der Waals surface area contributed by atoms with Gasteiger partial charge >= 0.3 is 0 Å². The van der Waals surface area contributed by atoms with Crippen LogP contribution < -0.4 is 14.8 Å². The molecular formula is C23H31ClN2O4. The minimum atomic E-state index is -1.14. The fourth-order valence-corrected chi connectivity index (χ4v) is 2.83. The molecule has 2 N–H and O–H groups in total.